The Labute approximate surface area is 107 Å². The maximum absolute atomic E-state index is 12.0. The van der Waals surface area contributed by atoms with Gasteiger partial charge in [-0.05, 0) is 50.6 Å². The Morgan fingerprint density at radius 1 is 1.44 bits per heavy atom. The third-order valence-corrected chi connectivity index (χ3v) is 3.24. The van der Waals surface area contributed by atoms with Crippen molar-refractivity contribution in [1.82, 2.24) is 10.6 Å². The maximum atomic E-state index is 12.0. The lowest BCUT2D eigenvalue weighted by Crippen LogP contribution is -2.46. The molecule has 1 heterocycles. The number of nitriles is 1. The molecule has 1 aliphatic rings. The van der Waals surface area contributed by atoms with E-state index in [4.69, 9.17) is 5.26 Å². The first-order valence-corrected chi connectivity index (χ1v) is 6.23. The molecule has 4 heteroatoms. The fourth-order valence-corrected chi connectivity index (χ4v) is 2.23. The summed E-state index contributed by atoms with van der Waals surface area (Å²) < 4.78 is 0. The van der Waals surface area contributed by atoms with E-state index in [1.54, 1.807) is 24.3 Å². The molecule has 2 N–H and O–H groups in total. The highest BCUT2D eigenvalue weighted by atomic mass is 16.1. The minimum atomic E-state index is -0.0569. The van der Waals surface area contributed by atoms with Crippen molar-refractivity contribution >= 4 is 5.91 Å². The van der Waals surface area contributed by atoms with Crippen molar-refractivity contribution in [2.75, 3.05) is 6.54 Å². The minimum absolute atomic E-state index is 0.0569. The molecule has 0 radical (unpaired) electrons. The summed E-state index contributed by atoms with van der Waals surface area (Å²) in [6, 6.07) is 9.45. The highest BCUT2D eigenvalue weighted by Crippen LogP contribution is 2.10. The Morgan fingerprint density at radius 2 is 2.17 bits per heavy atom. The molecule has 0 spiro atoms. The Hall–Kier alpha value is -1.86. The second-order valence-electron chi connectivity index (χ2n) is 4.74. The smallest absolute Gasteiger partial charge is 0.251 e. The number of piperidine rings is 1. The Balaban J connectivity index is 1.96. The molecule has 1 aromatic rings. The average molecular weight is 243 g/mol. The molecule has 1 fully saturated rings. The molecule has 4 nitrogen and oxygen atoms in total. The summed E-state index contributed by atoms with van der Waals surface area (Å²) in [6.45, 7) is 3.07. The van der Waals surface area contributed by atoms with E-state index in [1.165, 1.54) is 0 Å². The average Bonchev–Trinajstić information content (AvgIpc) is 2.39. The zero-order valence-electron chi connectivity index (χ0n) is 10.4. The van der Waals surface area contributed by atoms with Crippen molar-refractivity contribution in [3.05, 3.63) is 35.4 Å². The zero-order valence-corrected chi connectivity index (χ0v) is 10.4. The van der Waals surface area contributed by atoms with E-state index in [2.05, 4.69) is 17.6 Å². The quantitative estimate of drug-likeness (QED) is 0.825. The first-order valence-electron chi connectivity index (χ1n) is 6.23. The predicted octanol–water partition coefficient (Wildman–Crippen LogP) is 1.43. The number of carbonyl (C=O) groups excluding carboxylic acids is 1. The van der Waals surface area contributed by atoms with Gasteiger partial charge in [0, 0.05) is 17.6 Å². The van der Waals surface area contributed by atoms with E-state index in [1.807, 2.05) is 6.07 Å². The molecule has 2 unspecified atom stereocenters. The number of carbonyl (C=O) groups is 1. The highest BCUT2D eigenvalue weighted by molar-refractivity contribution is 5.94. The van der Waals surface area contributed by atoms with Crippen molar-refractivity contribution < 1.29 is 4.79 Å². The molecule has 1 amide bonds. The summed E-state index contributed by atoms with van der Waals surface area (Å²) in [4.78, 5) is 12.0. The first kappa shape index (κ1) is 12.6. The fourth-order valence-electron chi connectivity index (χ4n) is 2.23. The van der Waals surface area contributed by atoms with Gasteiger partial charge in [-0.1, -0.05) is 0 Å². The molecule has 0 bridgehead atoms. The molecular formula is C14H17N3O. The maximum Gasteiger partial charge on any atom is 0.251 e. The summed E-state index contributed by atoms with van der Waals surface area (Å²) >= 11 is 0. The van der Waals surface area contributed by atoms with Crippen molar-refractivity contribution in [2.24, 2.45) is 0 Å². The second kappa shape index (κ2) is 5.65. The summed E-state index contributed by atoms with van der Waals surface area (Å²) in [5, 5.41) is 15.1. The number of hydrogen-bond acceptors (Lipinski definition) is 3. The van der Waals surface area contributed by atoms with Crippen LogP contribution in [0.4, 0.5) is 0 Å². The predicted molar refractivity (Wildman–Crippen MR) is 69.1 cm³/mol. The van der Waals surface area contributed by atoms with E-state index in [0.29, 0.717) is 17.2 Å². The molecule has 0 aromatic heterocycles. The third-order valence-electron chi connectivity index (χ3n) is 3.24. The van der Waals surface area contributed by atoms with Crippen LogP contribution in [0, 0.1) is 11.3 Å². The number of benzene rings is 1. The summed E-state index contributed by atoms with van der Waals surface area (Å²) in [5.74, 6) is -0.0569. The number of hydrogen-bond donors (Lipinski definition) is 2. The standard InChI is InChI=1S/C14H17N3O/c1-10-8-13(6-7-16-10)17-14(18)12-4-2-11(9-15)3-5-12/h2-5,10,13,16H,6-8H2,1H3,(H,17,18). The van der Waals surface area contributed by atoms with Crippen LogP contribution < -0.4 is 10.6 Å². The van der Waals surface area contributed by atoms with E-state index >= 15 is 0 Å². The SMILES string of the molecule is CC1CC(NC(=O)c2ccc(C#N)cc2)CCN1. The summed E-state index contributed by atoms with van der Waals surface area (Å²) in [5.41, 5.74) is 1.18. The number of amides is 1. The number of nitrogens with one attached hydrogen (secondary N) is 2. The van der Waals surface area contributed by atoms with Crippen LogP contribution >= 0.6 is 0 Å². The first-order chi connectivity index (χ1) is 8.69. The molecule has 1 aromatic carbocycles. The fraction of sp³-hybridized carbons (Fsp3) is 0.429. The lowest BCUT2D eigenvalue weighted by molar-refractivity contribution is 0.0925. The molecule has 1 aliphatic heterocycles. The molecule has 0 aliphatic carbocycles. The molecule has 0 saturated carbocycles. The largest absolute Gasteiger partial charge is 0.349 e. The van der Waals surface area contributed by atoms with Crippen LogP contribution in [0.3, 0.4) is 0 Å². The molecule has 2 atom stereocenters. The molecular weight excluding hydrogens is 226 g/mol. The van der Waals surface area contributed by atoms with Gasteiger partial charge in [0.05, 0.1) is 11.6 Å². The van der Waals surface area contributed by atoms with Crippen LogP contribution in [0.15, 0.2) is 24.3 Å². The number of rotatable bonds is 2. The Morgan fingerprint density at radius 3 is 2.78 bits per heavy atom. The normalized spacial score (nSPS) is 23.1. The van der Waals surface area contributed by atoms with Crippen LogP contribution in [0.1, 0.15) is 35.7 Å². The van der Waals surface area contributed by atoms with Gasteiger partial charge in [0.25, 0.3) is 5.91 Å². The topological polar surface area (TPSA) is 64.9 Å². The summed E-state index contributed by atoms with van der Waals surface area (Å²) in [6.07, 6.45) is 1.92. The molecule has 1 saturated heterocycles. The summed E-state index contributed by atoms with van der Waals surface area (Å²) in [7, 11) is 0. The molecule has 18 heavy (non-hydrogen) atoms. The van der Waals surface area contributed by atoms with Crippen molar-refractivity contribution in [3.8, 4) is 6.07 Å². The van der Waals surface area contributed by atoms with Crippen LogP contribution in [0.25, 0.3) is 0 Å². The minimum Gasteiger partial charge on any atom is -0.349 e. The molecule has 2 rings (SSSR count). The van der Waals surface area contributed by atoms with Crippen LogP contribution in [-0.4, -0.2) is 24.5 Å². The number of nitrogens with zero attached hydrogens (tertiary/aromatic N) is 1. The van der Waals surface area contributed by atoms with Crippen LogP contribution in [-0.2, 0) is 0 Å². The van der Waals surface area contributed by atoms with Gasteiger partial charge >= 0.3 is 0 Å². The van der Waals surface area contributed by atoms with E-state index in [0.717, 1.165) is 19.4 Å². The van der Waals surface area contributed by atoms with Gasteiger partial charge in [-0.25, -0.2) is 0 Å². The van der Waals surface area contributed by atoms with Gasteiger partial charge in [-0.3, -0.25) is 4.79 Å². The lowest BCUT2D eigenvalue weighted by atomic mass is 10.00. The van der Waals surface area contributed by atoms with Crippen LogP contribution in [0.5, 0.6) is 0 Å². The Kier molecular flexibility index (Phi) is 3.96. The third kappa shape index (κ3) is 3.08. The Bertz CT molecular complexity index is 461. The monoisotopic (exact) mass is 243 g/mol. The van der Waals surface area contributed by atoms with Gasteiger partial charge in [-0.15, -0.1) is 0 Å². The van der Waals surface area contributed by atoms with Gasteiger partial charge in [0.2, 0.25) is 0 Å². The van der Waals surface area contributed by atoms with Gasteiger partial charge in [0.1, 0.15) is 0 Å². The van der Waals surface area contributed by atoms with Crippen molar-refractivity contribution in [2.45, 2.75) is 31.8 Å². The van der Waals surface area contributed by atoms with Crippen LogP contribution in [0.2, 0.25) is 0 Å². The highest BCUT2D eigenvalue weighted by Gasteiger charge is 2.20. The second-order valence-corrected chi connectivity index (χ2v) is 4.74. The van der Waals surface area contributed by atoms with E-state index in [9.17, 15) is 4.79 Å². The van der Waals surface area contributed by atoms with Gasteiger partial charge in [-0.2, -0.15) is 5.26 Å². The van der Waals surface area contributed by atoms with Crippen molar-refractivity contribution in [1.29, 1.82) is 5.26 Å². The van der Waals surface area contributed by atoms with E-state index < -0.39 is 0 Å². The lowest BCUT2D eigenvalue weighted by Gasteiger charge is -2.28. The van der Waals surface area contributed by atoms with Crippen molar-refractivity contribution in [3.63, 3.8) is 0 Å². The molecule has 94 valence electrons. The van der Waals surface area contributed by atoms with E-state index in [-0.39, 0.29) is 11.9 Å². The zero-order chi connectivity index (χ0) is 13.0. The van der Waals surface area contributed by atoms with Gasteiger partial charge < -0.3 is 10.6 Å². The van der Waals surface area contributed by atoms with Gasteiger partial charge in [0.15, 0.2) is 0 Å².